The van der Waals surface area contributed by atoms with E-state index in [1.807, 2.05) is 166 Å². The third-order valence-electron chi connectivity index (χ3n) is 11.6. The number of nitrogens with one attached hydrogen (secondary N) is 2. The molecule has 0 aliphatic heterocycles. The molecule has 348 valence electrons. The number of carbonyl (C=O) groups is 2. The summed E-state index contributed by atoms with van der Waals surface area (Å²) in [5.41, 5.74) is 9.83. The van der Waals surface area contributed by atoms with Gasteiger partial charge in [-0.1, -0.05) is 130 Å². The van der Waals surface area contributed by atoms with Crippen LogP contribution in [0.25, 0.3) is 0 Å². The Morgan fingerprint density at radius 3 is 1.02 bits per heavy atom. The standard InChI is InChI=1S/C28H33NO4.C27H32N2O4/c1-5-21(2)27(30)29-19-20-33-28(22-9-7-6-8-10-22,23-11-15-25(31-3)16-12-23)24-13-17-26(32-4)18-14-24;1-4-25(28)26(30)29-18-19-33-27(20-8-6-5-7-9-20,21-10-14-23(31-2)15-11-21)22-12-16-24(32-3)17-13-22/h6-18,21H,5,19-20H2,1-4H3,(H,29,30);5-17,25H,4,18-19,28H2,1-3H3,(H,29,30)/t21-;25-/m00/s1. The van der Waals surface area contributed by atoms with E-state index in [0.29, 0.717) is 26.1 Å². The third kappa shape index (κ3) is 12.4. The molecule has 0 radical (unpaired) electrons. The molecule has 0 saturated carbocycles. The fraction of sp³-hybridized carbons (Fsp3) is 0.309. The smallest absolute Gasteiger partial charge is 0.236 e. The number of nitrogens with two attached hydrogens (primary N) is 1. The molecule has 0 unspecified atom stereocenters. The zero-order valence-corrected chi connectivity index (χ0v) is 39.3. The second kappa shape index (κ2) is 25.1. The van der Waals surface area contributed by atoms with Gasteiger partial charge in [-0.3, -0.25) is 9.59 Å². The van der Waals surface area contributed by atoms with E-state index in [9.17, 15) is 9.59 Å². The zero-order chi connectivity index (χ0) is 47.4. The molecule has 0 aromatic heterocycles. The van der Waals surface area contributed by atoms with Gasteiger partial charge in [0, 0.05) is 19.0 Å². The third-order valence-corrected chi connectivity index (χ3v) is 11.6. The number of hydrogen-bond acceptors (Lipinski definition) is 9. The maximum atomic E-state index is 12.3. The maximum Gasteiger partial charge on any atom is 0.236 e. The highest BCUT2D eigenvalue weighted by molar-refractivity contribution is 5.81. The van der Waals surface area contributed by atoms with Gasteiger partial charge in [0.2, 0.25) is 11.8 Å². The Labute approximate surface area is 390 Å². The summed E-state index contributed by atoms with van der Waals surface area (Å²) in [4.78, 5) is 24.4. The first-order valence-corrected chi connectivity index (χ1v) is 22.4. The minimum absolute atomic E-state index is 0.0212. The largest absolute Gasteiger partial charge is 0.497 e. The van der Waals surface area contributed by atoms with E-state index in [1.165, 1.54) is 0 Å². The fourth-order valence-electron chi connectivity index (χ4n) is 7.58. The summed E-state index contributed by atoms with van der Waals surface area (Å²) in [6.45, 7) is 7.21. The monoisotopic (exact) mass is 895 g/mol. The Morgan fingerprint density at radius 2 is 0.742 bits per heavy atom. The number of amides is 2. The topological polar surface area (TPSA) is 140 Å². The maximum absolute atomic E-state index is 12.3. The predicted octanol–water partition coefficient (Wildman–Crippen LogP) is 9.04. The lowest BCUT2D eigenvalue weighted by molar-refractivity contribution is -0.125. The Hall–Kier alpha value is -6.66. The van der Waals surface area contributed by atoms with Gasteiger partial charge in [-0.15, -0.1) is 0 Å². The van der Waals surface area contributed by atoms with Crippen LogP contribution in [0.4, 0.5) is 0 Å². The second-order valence-corrected chi connectivity index (χ2v) is 15.6. The number of rotatable bonds is 22. The van der Waals surface area contributed by atoms with Crippen LogP contribution in [0.3, 0.4) is 0 Å². The summed E-state index contributed by atoms with van der Waals surface area (Å²) in [7, 11) is 6.59. The molecule has 0 saturated heterocycles. The number of methoxy groups -OCH3 is 4. The molecule has 0 fully saturated rings. The lowest BCUT2D eigenvalue weighted by Gasteiger charge is -2.36. The SMILES string of the molecule is CC[C@H](C)C(=O)NCCOC(c1ccccc1)(c1ccc(OC)cc1)c1ccc(OC)cc1.CC[C@H](N)C(=O)NCCOC(c1ccccc1)(c1ccc(OC)cc1)c1ccc(OC)cc1. The van der Waals surface area contributed by atoms with Crippen LogP contribution in [0.5, 0.6) is 23.0 Å². The van der Waals surface area contributed by atoms with Gasteiger partial charge in [-0.2, -0.15) is 0 Å². The van der Waals surface area contributed by atoms with Crippen molar-refractivity contribution in [2.45, 2.75) is 50.9 Å². The van der Waals surface area contributed by atoms with Gasteiger partial charge in [0.05, 0.1) is 47.7 Å². The molecule has 0 bridgehead atoms. The predicted molar refractivity (Wildman–Crippen MR) is 260 cm³/mol. The van der Waals surface area contributed by atoms with Crippen molar-refractivity contribution in [2.24, 2.45) is 11.7 Å². The van der Waals surface area contributed by atoms with Crippen LogP contribution < -0.4 is 35.3 Å². The molecule has 11 nitrogen and oxygen atoms in total. The molecule has 0 aliphatic carbocycles. The first-order chi connectivity index (χ1) is 32.1. The Morgan fingerprint density at radius 1 is 0.455 bits per heavy atom. The average Bonchev–Trinajstić information content (AvgIpc) is 3.39. The van der Waals surface area contributed by atoms with E-state index in [0.717, 1.165) is 62.8 Å². The van der Waals surface area contributed by atoms with Crippen molar-refractivity contribution in [2.75, 3.05) is 54.7 Å². The summed E-state index contributed by atoms with van der Waals surface area (Å²) in [5.74, 6) is 2.91. The van der Waals surface area contributed by atoms with E-state index >= 15 is 0 Å². The van der Waals surface area contributed by atoms with Crippen LogP contribution in [0.1, 0.15) is 67.0 Å². The van der Waals surface area contributed by atoms with Gasteiger partial charge >= 0.3 is 0 Å². The van der Waals surface area contributed by atoms with Crippen molar-refractivity contribution >= 4 is 11.8 Å². The van der Waals surface area contributed by atoms with Crippen LogP contribution in [-0.2, 0) is 30.3 Å². The highest BCUT2D eigenvalue weighted by atomic mass is 16.5. The molecule has 6 aromatic carbocycles. The zero-order valence-electron chi connectivity index (χ0n) is 39.3. The first-order valence-electron chi connectivity index (χ1n) is 22.4. The van der Waals surface area contributed by atoms with Gasteiger partial charge in [-0.05, 0) is 94.8 Å². The Bertz CT molecular complexity index is 2080. The number of carbonyl (C=O) groups excluding carboxylic acids is 2. The van der Waals surface area contributed by atoms with Crippen molar-refractivity contribution in [1.29, 1.82) is 0 Å². The first kappa shape index (κ1) is 50.3. The van der Waals surface area contributed by atoms with Crippen LogP contribution in [0, 0.1) is 5.92 Å². The molecule has 2 amide bonds. The molecule has 0 spiro atoms. The molecule has 4 N–H and O–H groups in total. The molecular formula is C55H65N3O8. The number of benzene rings is 6. The second-order valence-electron chi connectivity index (χ2n) is 15.6. The van der Waals surface area contributed by atoms with Gasteiger partial charge in [0.15, 0.2) is 0 Å². The molecule has 0 heterocycles. The van der Waals surface area contributed by atoms with Crippen LogP contribution >= 0.6 is 0 Å². The van der Waals surface area contributed by atoms with Crippen LogP contribution in [0.2, 0.25) is 0 Å². The van der Waals surface area contributed by atoms with Gasteiger partial charge in [-0.25, -0.2) is 0 Å². The fourth-order valence-corrected chi connectivity index (χ4v) is 7.58. The molecule has 66 heavy (non-hydrogen) atoms. The summed E-state index contributed by atoms with van der Waals surface area (Å²) in [6.07, 6.45) is 1.39. The minimum atomic E-state index is -0.905. The number of ether oxygens (including phenoxy) is 6. The quantitative estimate of drug-likeness (QED) is 0.0450. The van der Waals surface area contributed by atoms with Crippen molar-refractivity contribution < 1.29 is 38.0 Å². The number of hydrogen-bond donors (Lipinski definition) is 3. The average molecular weight is 896 g/mol. The van der Waals surface area contributed by atoms with Crippen molar-refractivity contribution in [3.63, 3.8) is 0 Å². The Kier molecular flexibility index (Phi) is 19.2. The molecular weight excluding hydrogens is 831 g/mol. The van der Waals surface area contributed by atoms with Gasteiger partial charge in [0.25, 0.3) is 0 Å². The van der Waals surface area contributed by atoms with Gasteiger partial charge < -0.3 is 44.8 Å². The molecule has 11 heteroatoms. The molecule has 0 aliphatic rings. The van der Waals surface area contributed by atoms with Gasteiger partial charge in [0.1, 0.15) is 34.2 Å². The highest BCUT2D eigenvalue weighted by Gasteiger charge is 2.39. The molecule has 2 atom stereocenters. The Balaban J connectivity index is 0.000000247. The summed E-state index contributed by atoms with van der Waals surface area (Å²) in [6, 6.07) is 51.1. The van der Waals surface area contributed by atoms with E-state index in [-0.39, 0.29) is 24.3 Å². The van der Waals surface area contributed by atoms with Crippen molar-refractivity contribution in [3.8, 4) is 23.0 Å². The lowest BCUT2D eigenvalue weighted by atomic mass is 9.80. The van der Waals surface area contributed by atoms with E-state index in [4.69, 9.17) is 34.2 Å². The summed E-state index contributed by atoms with van der Waals surface area (Å²) >= 11 is 0. The minimum Gasteiger partial charge on any atom is -0.497 e. The van der Waals surface area contributed by atoms with Crippen molar-refractivity contribution in [1.82, 2.24) is 10.6 Å². The van der Waals surface area contributed by atoms with Crippen LogP contribution in [0.15, 0.2) is 158 Å². The summed E-state index contributed by atoms with van der Waals surface area (Å²) in [5, 5.41) is 5.86. The van der Waals surface area contributed by atoms with Crippen molar-refractivity contribution in [3.05, 3.63) is 191 Å². The van der Waals surface area contributed by atoms with E-state index in [1.54, 1.807) is 28.4 Å². The normalized spacial score (nSPS) is 12.1. The van der Waals surface area contributed by atoms with Crippen LogP contribution in [-0.4, -0.2) is 72.6 Å². The van der Waals surface area contributed by atoms with E-state index < -0.39 is 17.2 Å². The van der Waals surface area contributed by atoms with E-state index in [2.05, 4.69) is 22.8 Å². The molecule has 6 rings (SSSR count). The lowest BCUT2D eigenvalue weighted by Crippen LogP contribution is -2.42. The summed E-state index contributed by atoms with van der Waals surface area (Å²) < 4.78 is 34.8. The molecule has 6 aromatic rings. The highest BCUT2D eigenvalue weighted by Crippen LogP contribution is 2.43.